The number of hydrogen-bond acceptors (Lipinski definition) is 1. The van der Waals surface area contributed by atoms with Crippen molar-refractivity contribution in [3.05, 3.63) is 0 Å². The van der Waals surface area contributed by atoms with Gasteiger partial charge in [-0.3, -0.25) is 0 Å². The van der Waals surface area contributed by atoms with Crippen LogP contribution in [0.2, 0.25) is 0 Å². The molecule has 0 aliphatic heterocycles. The highest BCUT2D eigenvalue weighted by Gasteiger charge is 2.31. The fourth-order valence-corrected chi connectivity index (χ4v) is 2.16. The van der Waals surface area contributed by atoms with Crippen LogP contribution < -0.4 is 0 Å². The number of rotatable bonds is 4. The summed E-state index contributed by atoms with van der Waals surface area (Å²) in [6, 6.07) is 0. The first-order valence-electron chi connectivity index (χ1n) is 4.94. The van der Waals surface area contributed by atoms with E-state index in [1.165, 1.54) is 44.9 Å². The summed E-state index contributed by atoms with van der Waals surface area (Å²) in [7, 11) is 0. The number of hydrogen-bond donors (Lipinski definition) is 1. The molecular formula is C10H20O. The highest BCUT2D eigenvalue weighted by Crippen LogP contribution is 2.41. The molecule has 1 heteroatoms. The Balaban J connectivity index is 2.33. The maximum Gasteiger partial charge on any atom is 0.0487 e. The predicted octanol–water partition coefficient (Wildman–Crippen LogP) is 2.73. The van der Waals surface area contributed by atoms with Gasteiger partial charge in [0.15, 0.2) is 0 Å². The number of aliphatic hydroxyl groups is 1. The molecule has 0 aromatic carbocycles. The molecule has 0 aromatic rings. The first-order chi connectivity index (χ1) is 5.33. The van der Waals surface area contributed by atoms with Gasteiger partial charge in [0.2, 0.25) is 0 Å². The molecule has 0 atom stereocenters. The van der Waals surface area contributed by atoms with Crippen molar-refractivity contribution in [2.45, 2.75) is 51.9 Å². The first-order valence-corrected chi connectivity index (χ1v) is 4.94. The van der Waals surface area contributed by atoms with Crippen LogP contribution >= 0.6 is 0 Å². The second-order valence-electron chi connectivity index (χ2n) is 3.97. The highest BCUT2D eigenvalue weighted by atomic mass is 16.3. The van der Waals surface area contributed by atoms with Crippen molar-refractivity contribution in [3.8, 4) is 0 Å². The Bertz CT molecular complexity index is 103. The largest absolute Gasteiger partial charge is 0.396 e. The zero-order valence-electron chi connectivity index (χ0n) is 7.60. The normalized spacial score (nSPS) is 22.4. The van der Waals surface area contributed by atoms with Crippen molar-refractivity contribution < 1.29 is 5.11 Å². The quantitative estimate of drug-likeness (QED) is 0.663. The van der Waals surface area contributed by atoms with Gasteiger partial charge >= 0.3 is 0 Å². The minimum absolute atomic E-state index is 0.343. The van der Waals surface area contributed by atoms with Crippen LogP contribution in [0.4, 0.5) is 0 Å². The molecule has 0 radical (unpaired) electrons. The van der Waals surface area contributed by atoms with Crippen LogP contribution in [0.3, 0.4) is 0 Å². The third-order valence-electron chi connectivity index (χ3n) is 3.06. The molecule has 1 saturated carbocycles. The molecule has 66 valence electrons. The third kappa shape index (κ3) is 2.19. The lowest BCUT2D eigenvalue weighted by atomic mass is 9.82. The van der Waals surface area contributed by atoms with Gasteiger partial charge in [-0.25, -0.2) is 0 Å². The molecule has 11 heavy (non-hydrogen) atoms. The molecule has 0 unspecified atom stereocenters. The lowest BCUT2D eigenvalue weighted by Gasteiger charge is -2.25. The van der Waals surface area contributed by atoms with Gasteiger partial charge in [-0.15, -0.1) is 0 Å². The van der Waals surface area contributed by atoms with Crippen LogP contribution in [0, 0.1) is 5.41 Å². The average Bonchev–Trinajstić information content (AvgIpc) is 2.50. The summed E-state index contributed by atoms with van der Waals surface area (Å²) in [5.74, 6) is 0. The fraction of sp³-hybridized carbons (Fsp3) is 1.00. The molecule has 1 rings (SSSR count). The minimum atomic E-state index is 0.343. The zero-order valence-corrected chi connectivity index (χ0v) is 7.60. The van der Waals surface area contributed by atoms with E-state index >= 15 is 0 Å². The summed E-state index contributed by atoms with van der Waals surface area (Å²) in [4.78, 5) is 0. The van der Waals surface area contributed by atoms with Crippen LogP contribution in [0.25, 0.3) is 0 Å². The van der Waals surface area contributed by atoms with E-state index in [0.717, 1.165) is 0 Å². The van der Waals surface area contributed by atoms with E-state index in [9.17, 15) is 5.11 Å². The van der Waals surface area contributed by atoms with Gasteiger partial charge in [0.1, 0.15) is 0 Å². The first kappa shape index (κ1) is 9.05. The van der Waals surface area contributed by atoms with Crippen LogP contribution in [0.15, 0.2) is 0 Å². The highest BCUT2D eigenvalue weighted by molar-refractivity contribution is 4.83. The standard InChI is InChI=1S/C10H20O/c1-2-3-6-10(9-11)7-4-5-8-10/h11H,2-9H2,1H3. The molecule has 0 aromatic heterocycles. The van der Waals surface area contributed by atoms with E-state index in [2.05, 4.69) is 6.92 Å². The Morgan fingerprint density at radius 3 is 2.36 bits per heavy atom. The van der Waals surface area contributed by atoms with Crippen LogP contribution in [0.5, 0.6) is 0 Å². The van der Waals surface area contributed by atoms with Crippen molar-refractivity contribution in [3.63, 3.8) is 0 Å². The molecule has 0 amide bonds. The van der Waals surface area contributed by atoms with Crippen LogP contribution in [-0.4, -0.2) is 11.7 Å². The SMILES string of the molecule is CCCCC1(CO)CCCC1. The van der Waals surface area contributed by atoms with E-state index in [0.29, 0.717) is 12.0 Å². The fourth-order valence-electron chi connectivity index (χ4n) is 2.16. The van der Waals surface area contributed by atoms with Gasteiger partial charge in [-0.05, 0) is 24.7 Å². The van der Waals surface area contributed by atoms with Crippen molar-refractivity contribution in [2.24, 2.45) is 5.41 Å². The van der Waals surface area contributed by atoms with E-state index < -0.39 is 0 Å². The Hall–Kier alpha value is -0.0400. The van der Waals surface area contributed by atoms with Crippen LogP contribution in [-0.2, 0) is 0 Å². The van der Waals surface area contributed by atoms with Crippen molar-refractivity contribution in [1.29, 1.82) is 0 Å². The molecule has 0 spiro atoms. The summed E-state index contributed by atoms with van der Waals surface area (Å²) in [6.45, 7) is 2.65. The smallest absolute Gasteiger partial charge is 0.0487 e. The Morgan fingerprint density at radius 2 is 1.91 bits per heavy atom. The Morgan fingerprint density at radius 1 is 1.27 bits per heavy atom. The maximum absolute atomic E-state index is 9.24. The maximum atomic E-state index is 9.24. The van der Waals surface area contributed by atoms with Crippen LogP contribution in [0.1, 0.15) is 51.9 Å². The second-order valence-corrected chi connectivity index (χ2v) is 3.97. The molecule has 1 aliphatic carbocycles. The summed E-state index contributed by atoms with van der Waals surface area (Å²) in [5, 5.41) is 9.24. The molecule has 1 fully saturated rings. The van der Waals surface area contributed by atoms with E-state index in [1.807, 2.05) is 0 Å². The van der Waals surface area contributed by atoms with Crippen molar-refractivity contribution in [2.75, 3.05) is 6.61 Å². The van der Waals surface area contributed by atoms with Crippen molar-refractivity contribution in [1.82, 2.24) is 0 Å². The molecule has 0 heterocycles. The second kappa shape index (κ2) is 4.10. The summed E-state index contributed by atoms with van der Waals surface area (Å²) < 4.78 is 0. The predicted molar refractivity (Wildman–Crippen MR) is 47.5 cm³/mol. The molecule has 1 N–H and O–H groups in total. The van der Waals surface area contributed by atoms with Gasteiger partial charge in [-0.1, -0.05) is 32.6 Å². The van der Waals surface area contributed by atoms with E-state index in [4.69, 9.17) is 0 Å². The van der Waals surface area contributed by atoms with Gasteiger partial charge in [0.05, 0.1) is 0 Å². The summed E-state index contributed by atoms with van der Waals surface area (Å²) >= 11 is 0. The minimum Gasteiger partial charge on any atom is -0.396 e. The van der Waals surface area contributed by atoms with Gasteiger partial charge < -0.3 is 5.11 Å². The van der Waals surface area contributed by atoms with E-state index in [1.54, 1.807) is 0 Å². The number of unbranched alkanes of at least 4 members (excludes halogenated alkanes) is 1. The number of aliphatic hydroxyl groups excluding tert-OH is 1. The van der Waals surface area contributed by atoms with Gasteiger partial charge in [0.25, 0.3) is 0 Å². The zero-order chi connectivity index (χ0) is 8.16. The van der Waals surface area contributed by atoms with Crippen molar-refractivity contribution >= 4 is 0 Å². The summed E-state index contributed by atoms with van der Waals surface area (Å²) in [5.41, 5.74) is 0.343. The molecule has 1 aliphatic rings. The summed E-state index contributed by atoms with van der Waals surface area (Å²) in [6.07, 6.45) is 9.02. The topological polar surface area (TPSA) is 20.2 Å². The van der Waals surface area contributed by atoms with Gasteiger partial charge in [-0.2, -0.15) is 0 Å². The Kier molecular flexibility index (Phi) is 3.38. The molecule has 0 bridgehead atoms. The monoisotopic (exact) mass is 156 g/mol. The molecule has 0 saturated heterocycles. The van der Waals surface area contributed by atoms with E-state index in [-0.39, 0.29) is 0 Å². The molecule has 1 nitrogen and oxygen atoms in total. The average molecular weight is 156 g/mol. The lowest BCUT2D eigenvalue weighted by Crippen LogP contribution is -2.20. The molecular weight excluding hydrogens is 136 g/mol. The third-order valence-corrected chi connectivity index (χ3v) is 3.06. The Labute approximate surface area is 69.8 Å². The van der Waals surface area contributed by atoms with Gasteiger partial charge in [0, 0.05) is 6.61 Å². The lowest BCUT2D eigenvalue weighted by molar-refractivity contribution is 0.118.